The number of nitrogens with zero attached hydrogens (tertiary/aromatic N) is 4. The normalized spacial score (nSPS) is 18.8. The van der Waals surface area contributed by atoms with Gasteiger partial charge in [-0.3, -0.25) is 14.4 Å². The first-order chi connectivity index (χ1) is 16.9. The SMILES string of the molecule is N#CCC(C1CC1)n1nc(Nc2ccc([C@@H](N3CCSCC3)C(F)(F)F)cc2)c2c(=O)[nH]ccc21. The van der Waals surface area contributed by atoms with Gasteiger partial charge in [-0.25, -0.2) is 0 Å². The molecular weight excluding hydrogens is 477 g/mol. The number of fused-ring (bicyclic) bond motifs is 1. The number of nitrogens with one attached hydrogen (secondary N) is 2. The van der Waals surface area contributed by atoms with Gasteiger partial charge in [0.2, 0.25) is 0 Å². The lowest BCUT2D eigenvalue weighted by Gasteiger charge is -2.35. The van der Waals surface area contributed by atoms with Crippen LogP contribution in [-0.4, -0.2) is 50.4 Å². The fourth-order valence-corrected chi connectivity index (χ4v) is 5.73. The van der Waals surface area contributed by atoms with E-state index in [-0.39, 0.29) is 23.6 Å². The van der Waals surface area contributed by atoms with Gasteiger partial charge in [0.05, 0.1) is 24.0 Å². The second-order valence-corrected chi connectivity index (χ2v) is 10.2. The van der Waals surface area contributed by atoms with Gasteiger partial charge in [0.1, 0.15) is 11.4 Å². The molecule has 7 nitrogen and oxygen atoms in total. The molecule has 2 aliphatic rings. The van der Waals surface area contributed by atoms with E-state index < -0.39 is 12.2 Å². The van der Waals surface area contributed by atoms with Gasteiger partial charge in [-0.15, -0.1) is 0 Å². The molecule has 2 atom stereocenters. The number of halogens is 3. The monoisotopic (exact) mass is 502 g/mol. The van der Waals surface area contributed by atoms with E-state index in [0.717, 1.165) is 12.8 Å². The number of anilines is 2. The zero-order valence-corrected chi connectivity index (χ0v) is 19.7. The summed E-state index contributed by atoms with van der Waals surface area (Å²) >= 11 is 1.67. The van der Waals surface area contributed by atoms with Gasteiger partial charge in [-0.05, 0) is 42.5 Å². The Morgan fingerprint density at radius 2 is 1.91 bits per heavy atom. The number of hydrogen-bond acceptors (Lipinski definition) is 6. The molecule has 3 aromatic rings. The van der Waals surface area contributed by atoms with Crippen molar-refractivity contribution in [3.8, 4) is 6.07 Å². The topological polar surface area (TPSA) is 89.7 Å². The van der Waals surface area contributed by atoms with E-state index in [9.17, 15) is 23.2 Å². The Morgan fingerprint density at radius 3 is 2.54 bits per heavy atom. The summed E-state index contributed by atoms with van der Waals surface area (Å²) in [5.74, 6) is 2.03. The molecule has 184 valence electrons. The van der Waals surface area contributed by atoms with Crippen molar-refractivity contribution in [3.63, 3.8) is 0 Å². The molecule has 1 saturated carbocycles. The van der Waals surface area contributed by atoms with E-state index in [1.165, 1.54) is 17.0 Å². The number of pyridine rings is 1. The standard InChI is InChI=1S/C24H25F3N6OS/c25-24(26,27)21(32-11-13-35-14-12-32)16-3-5-17(6-4-16)30-22-20-19(8-10-29-23(20)34)33(31-22)18(7-9-28)15-1-2-15/h3-6,8,10,15,18,21H,1-2,7,11-14H2,(H,29,34)(H,30,31)/t18?,21-/m1/s1. The van der Waals surface area contributed by atoms with Crippen molar-refractivity contribution in [1.29, 1.82) is 5.26 Å². The summed E-state index contributed by atoms with van der Waals surface area (Å²) < 4.78 is 43.5. The van der Waals surface area contributed by atoms with Crippen molar-refractivity contribution in [2.45, 2.75) is 37.5 Å². The van der Waals surface area contributed by atoms with E-state index in [2.05, 4.69) is 21.5 Å². The number of benzene rings is 1. The van der Waals surface area contributed by atoms with Crippen LogP contribution in [0.2, 0.25) is 0 Å². The number of H-pyrrole nitrogens is 1. The highest BCUT2D eigenvalue weighted by molar-refractivity contribution is 7.99. The van der Waals surface area contributed by atoms with Gasteiger partial charge in [0.25, 0.3) is 5.56 Å². The number of hydrogen-bond donors (Lipinski definition) is 2. The molecule has 11 heteroatoms. The van der Waals surface area contributed by atoms with E-state index in [1.807, 2.05) is 0 Å². The predicted octanol–water partition coefficient (Wildman–Crippen LogP) is 4.99. The van der Waals surface area contributed by atoms with Gasteiger partial charge >= 0.3 is 6.18 Å². The van der Waals surface area contributed by atoms with Crippen LogP contribution in [-0.2, 0) is 0 Å². The molecule has 2 aromatic heterocycles. The van der Waals surface area contributed by atoms with E-state index in [4.69, 9.17) is 0 Å². The lowest BCUT2D eigenvalue weighted by molar-refractivity contribution is -0.185. The van der Waals surface area contributed by atoms with Crippen LogP contribution in [0.1, 0.15) is 36.9 Å². The number of aromatic nitrogens is 3. The Bertz CT molecular complexity index is 1290. The molecular formula is C24H25F3N6OS. The van der Waals surface area contributed by atoms with Crippen molar-refractivity contribution in [2.75, 3.05) is 29.9 Å². The number of alkyl halides is 3. The molecule has 1 aliphatic carbocycles. The van der Waals surface area contributed by atoms with Crippen LogP contribution in [0.3, 0.4) is 0 Å². The lowest BCUT2D eigenvalue weighted by Crippen LogP contribution is -2.42. The first kappa shape index (κ1) is 23.8. The van der Waals surface area contributed by atoms with Crippen LogP contribution >= 0.6 is 11.8 Å². The lowest BCUT2D eigenvalue weighted by atomic mass is 10.0. The van der Waals surface area contributed by atoms with Crippen molar-refractivity contribution >= 4 is 34.2 Å². The molecule has 0 spiro atoms. The first-order valence-corrected chi connectivity index (χ1v) is 12.7. The maximum atomic E-state index is 13.9. The average molecular weight is 503 g/mol. The highest BCUT2D eigenvalue weighted by Gasteiger charge is 2.45. The third-order valence-corrected chi connectivity index (χ3v) is 7.56. The van der Waals surface area contributed by atoms with E-state index in [0.29, 0.717) is 52.9 Å². The predicted molar refractivity (Wildman–Crippen MR) is 130 cm³/mol. The first-order valence-electron chi connectivity index (χ1n) is 11.6. The Morgan fingerprint density at radius 1 is 1.20 bits per heavy atom. The van der Waals surface area contributed by atoms with Gasteiger partial charge < -0.3 is 10.3 Å². The second kappa shape index (κ2) is 9.59. The molecule has 1 unspecified atom stereocenters. The van der Waals surface area contributed by atoms with Crippen molar-refractivity contribution < 1.29 is 13.2 Å². The Labute approximate surface area is 204 Å². The van der Waals surface area contributed by atoms with Gasteiger partial charge in [-0.1, -0.05) is 12.1 Å². The highest BCUT2D eigenvalue weighted by Crippen LogP contribution is 2.43. The minimum absolute atomic E-state index is 0.127. The minimum Gasteiger partial charge on any atom is -0.338 e. The fourth-order valence-electron chi connectivity index (χ4n) is 4.80. The number of nitriles is 1. The second-order valence-electron chi connectivity index (χ2n) is 8.97. The molecule has 0 radical (unpaired) electrons. The maximum absolute atomic E-state index is 13.9. The Balaban J connectivity index is 1.45. The fraction of sp³-hybridized carbons (Fsp3) is 0.458. The molecule has 3 heterocycles. The summed E-state index contributed by atoms with van der Waals surface area (Å²) in [6, 6.07) is 8.33. The molecule has 0 bridgehead atoms. The Hall–Kier alpha value is -2.97. The summed E-state index contributed by atoms with van der Waals surface area (Å²) in [6.07, 6.45) is -0.517. The quantitative estimate of drug-likeness (QED) is 0.473. The summed E-state index contributed by atoms with van der Waals surface area (Å²) in [7, 11) is 0. The highest BCUT2D eigenvalue weighted by atomic mass is 32.2. The summed E-state index contributed by atoms with van der Waals surface area (Å²) in [6.45, 7) is 0.789. The van der Waals surface area contributed by atoms with E-state index in [1.54, 1.807) is 40.8 Å². The molecule has 2 fully saturated rings. The van der Waals surface area contributed by atoms with Crippen LogP contribution in [0.4, 0.5) is 24.7 Å². The Kier molecular flexibility index (Phi) is 6.51. The van der Waals surface area contributed by atoms with Gasteiger partial charge in [0, 0.05) is 36.5 Å². The summed E-state index contributed by atoms with van der Waals surface area (Å²) in [5.41, 5.74) is 1.02. The maximum Gasteiger partial charge on any atom is 0.408 e. The van der Waals surface area contributed by atoms with Gasteiger partial charge in [0.15, 0.2) is 5.82 Å². The van der Waals surface area contributed by atoms with Crippen molar-refractivity contribution in [1.82, 2.24) is 19.7 Å². The van der Waals surface area contributed by atoms with Gasteiger partial charge in [-0.2, -0.15) is 35.3 Å². The van der Waals surface area contributed by atoms with E-state index >= 15 is 0 Å². The summed E-state index contributed by atoms with van der Waals surface area (Å²) in [4.78, 5) is 16.8. The minimum atomic E-state index is -4.38. The van der Waals surface area contributed by atoms with Crippen LogP contribution in [0, 0.1) is 17.2 Å². The third kappa shape index (κ3) is 4.90. The smallest absolute Gasteiger partial charge is 0.338 e. The van der Waals surface area contributed by atoms with Crippen LogP contribution in [0.15, 0.2) is 41.3 Å². The van der Waals surface area contributed by atoms with Crippen LogP contribution in [0.5, 0.6) is 0 Å². The summed E-state index contributed by atoms with van der Waals surface area (Å²) in [5, 5.41) is 17.4. The molecule has 2 N–H and O–H groups in total. The zero-order valence-electron chi connectivity index (χ0n) is 18.9. The molecule has 0 amide bonds. The number of aromatic amines is 1. The number of thioether (sulfide) groups is 1. The third-order valence-electron chi connectivity index (χ3n) is 6.62. The molecule has 5 rings (SSSR count). The van der Waals surface area contributed by atoms with Crippen LogP contribution < -0.4 is 10.9 Å². The molecule has 1 aliphatic heterocycles. The average Bonchev–Trinajstić information content (AvgIpc) is 3.61. The van der Waals surface area contributed by atoms with Crippen LogP contribution in [0.25, 0.3) is 10.9 Å². The molecule has 1 aromatic carbocycles. The van der Waals surface area contributed by atoms with Crippen molar-refractivity contribution in [2.24, 2.45) is 5.92 Å². The largest absolute Gasteiger partial charge is 0.408 e. The zero-order chi connectivity index (χ0) is 24.6. The molecule has 1 saturated heterocycles. The number of rotatable bonds is 7. The van der Waals surface area contributed by atoms with Crippen molar-refractivity contribution in [3.05, 3.63) is 52.4 Å². The molecule has 35 heavy (non-hydrogen) atoms.